The number of aromatic nitrogens is 1. The Bertz CT molecular complexity index is 869. The maximum Gasteiger partial charge on any atom is 0.410 e. The maximum atomic E-state index is 12.7. The molecule has 1 saturated heterocycles. The van der Waals surface area contributed by atoms with Gasteiger partial charge in [-0.05, 0) is 31.4 Å². The molecule has 5 nitrogen and oxygen atoms in total. The van der Waals surface area contributed by atoms with Crippen molar-refractivity contribution in [2.45, 2.75) is 39.0 Å². The first-order valence-corrected chi connectivity index (χ1v) is 9.66. The molecule has 2 aromatic rings. The molecule has 0 bridgehead atoms. The SMILES string of the molecule is C[C@H]1CC[C@@H](C2=NCc3c2ccnc3Cl)CN1C(=O)OCc1ccccc1. The van der Waals surface area contributed by atoms with E-state index in [1.54, 1.807) is 6.20 Å². The fraction of sp³-hybridized carbons (Fsp3) is 0.381. The first kappa shape index (κ1) is 18.0. The Labute approximate surface area is 164 Å². The number of hydrogen-bond donors (Lipinski definition) is 0. The van der Waals surface area contributed by atoms with Gasteiger partial charge in [0.25, 0.3) is 0 Å². The van der Waals surface area contributed by atoms with E-state index >= 15 is 0 Å². The lowest BCUT2D eigenvalue weighted by Crippen LogP contribution is -2.47. The van der Waals surface area contributed by atoms with E-state index in [4.69, 9.17) is 21.3 Å². The number of carbonyl (C=O) groups is 1. The first-order chi connectivity index (χ1) is 13.1. The Balaban J connectivity index is 1.45. The summed E-state index contributed by atoms with van der Waals surface area (Å²) >= 11 is 6.21. The van der Waals surface area contributed by atoms with Crippen LogP contribution in [0.4, 0.5) is 4.79 Å². The largest absolute Gasteiger partial charge is 0.445 e. The van der Waals surface area contributed by atoms with E-state index < -0.39 is 0 Å². The number of pyridine rings is 1. The lowest BCUT2D eigenvalue weighted by atomic mass is 9.87. The van der Waals surface area contributed by atoms with Gasteiger partial charge >= 0.3 is 6.09 Å². The molecule has 1 aromatic carbocycles. The molecule has 0 unspecified atom stereocenters. The number of hydrogen-bond acceptors (Lipinski definition) is 4. The van der Waals surface area contributed by atoms with Crippen molar-refractivity contribution in [2.75, 3.05) is 6.54 Å². The van der Waals surface area contributed by atoms with E-state index in [9.17, 15) is 4.79 Å². The molecule has 0 saturated carbocycles. The quantitative estimate of drug-likeness (QED) is 0.734. The molecule has 0 aliphatic carbocycles. The summed E-state index contributed by atoms with van der Waals surface area (Å²) in [6.07, 6.45) is 3.39. The third kappa shape index (κ3) is 3.69. The van der Waals surface area contributed by atoms with Crippen LogP contribution in [0.2, 0.25) is 5.15 Å². The monoisotopic (exact) mass is 383 g/mol. The molecular weight excluding hydrogens is 362 g/mol. The minimum Gasteiger partial charge on any atom is -0.445 e. The van der Waals surface area contributed by atoms with E-state index in [0.29, 0.717) is 24.8 Å². The number of piperidine rings is 1. The van der Waals surface area contributed by atoms with Crippen molar-refractivity contribution < 1.29 is 9.53 Å². The molecule has 6 heteroatoms. The Morgan fingerprint density at radius 3 is 2.89 bits per heavy atom. The second-order valence-electron chi connectivity index (χ2n) is 7.15. The van der Waals surface area contributed by atoms with Crippen LogP contribution in [-0.4, -0.2) is 34.3 Å². The normalized spacial score (nSPS) is 21.6. The first-order valence-electron chi connectivity index (χ1n) is 9.29. The van der Waals surface area contributed by atoms with E-state index in [-0.39, 0.29) is 18.1 Å². The molecule has 27 heavy (non-hydrogen) atoms. The molecule has 1 fully saturated rings. The van der Waals surface area contributed by atoms with Gasteiger partial charge in [-0.15, -0.1) is 0 Å². The van der Waals surface area contributed by atoms with Crippen LogP contribution in [0.3, 0.4) is 0 Å². The van der Waals surface area contributed by atoms with Crippen molar-refractivity contribution in [3.8, 4) is 0 Å². The number of benzene rings is 1. The zero-order valence-corrected chi connectivity index (χ0v) is 16.0. The second-order valence-corrected chi connectivity index (χ2v) is 7.50. The number of aliphatic imine (C=N–C) groups is 1. The zero-order chi connectivity index (χ0) is 18.8. The van der Waals surface area contributed by atoms with Gasteiger partial charge < -0.3 is 9.64 Å². The van der Waals surface area contributed by atoms with E-state index in [0.717, 1.165) is 35.2 Å². The Morgan fingerprint density at radius 1 is 1.26 bits per heavy atom. The highest BCUT2D eigenvalue weighted by atomic mass is 35.5. The van der Waals surface area contributed by atoms with Crippen LogP contribution in [-0.2, 0) is 17.9 Å². The smallest absolute Gasteiger partial charge is 0.410 e. The predicted molar refractivity (Wildman–Crippen MR) is 105 cm³/mol. The summed E-state index contributed by atoms with van der Waals surface area (Å²) < 4.78 is 5.55. The summed E-state index contributed by atoms with van der Waals surface area (Å²) in [5.74, 6) is 0.199. The summed E-state index contributed by atoms with van der Waals surface area (Å²) in [5, 5.41) is 0.523. The van der Waals surface area contributed by atoms with Gasteiger partial charge in [0.15, 0.2) is 0 Å². The Kier molecular flexibility index (Phi) is 5.12. The lowest BCUT2D eigenvalue weighted by Gasteiger charge is -2.37. The van der Waals surface area contributed by atoms with Gasteiger partial charge in [0.2, 0.25) is 0 Å². The Morgan fingerprint density at radius 2 is 2.07 bits per heavy atom. The summed E-state index contributed by atoms with van der Waals surface area (Å²) in [6.45, 7) is 3.55. The average molecular weight is 384 g/mol. The van der Waals surface area contributed by atoms with Crippen LogP contribution in [0.1, 0.15) is 36.5 Å². The molecule has 2 aliphatic rings. The summed E-state index contributed by atoms with van der Waals surface area (Å²) in [4.78, 5) is 23.4. The average Bonchev–Trinajstić information content (AvgIpc) is 3.13. The third-order valence-corrected chi connectivity index (χ3v) is 5.72. The standard InChI is InChI=1S/C21H22ClN3O2/c1-14-7-8-16(19-17-9-10-23-20(22)18(17)11-24-19)12-25(14)21(26)27-13-15-5-3-2-4-6-15/h2-6,9-10,14,16H,7-8,11-13H2,1H3/t14-,16+/m0/s1. The molecule has 0 N–H and O–H groups in total. The van der Waals surface area contributed by atoms with E-state index in [2.05, 4.69) is 11.9 Å². The summed E-state index contributed by atoms with van der Waals surface area (Å²) in [6, 6.07) is 11.9. The number of fused-ring (bicyclic) bond motifs is 1. The van der Waals surface area contributed by atoms with Crippen molar-refractivity contribution in [1.82, 2.24) is 9.88 Å². The van der Waals surface area contributed by atoms with Crippen molar-refractivity contribution in [2.24, 2.45) is 10.9 Å². The number of rotatable bonds is 3. The van der Waals surface area contributed by atoms with Gasteiger partial charge in [0.1, 0.15) is 11.8 Å². The highest BCUT2D eigenvalue weighted by Crippen LogP contribution is 2.32. The molecule has 2 atom stereocenters. The van der Waals surface area contributed by atoms with Crippen molar-refractivity contribution in [3.63, 3.8) is 0 Å². The number of ether oxygens (including phenoxy) is 1. The molecule has 1 aromatic heterocycles. The van der Waals surface area contributed by atoms with Gasteiger partial charge in [-0.25, -0.2) is 9.78 Å². The zero-order valence-electron chi connectivity index (χ0n) is 15.3. The van der Waals surface area contributed by atoms with Crippen LogP contribution in [0.5, 0.6) is 0 Å². The predicted octanol–water partition coefficient (Wildman–Crippen LogP) is 4.48. The Hall–Kier alpha value is -2.40. The lowest BCUT2D eigenvalue weighted by molar-refractivity contribution is 0.0665. The number of halogens is 1. The number of nitrogens with zero attached hydrogens (tertiary/aromatic N) is 3. The highest BCUT2D eigenvalue weighted by molar-refractivity contribution is 6.31. The van der Waals surface area contributed by atoms with Gasteiger partial charge in [0.05, 0.1) is 6.54 Å². The van der Waals surface area contributed by atoms with Gasteiger partial charge in [-0.2, -0.15) is 0 Å². The van der Waals surface area contributed by atoms with Crippen molar-refractivity contribution in [3.05, 3.63) is 64.4 Å². The molecule has 4 rings (SSSR count). The molecule has 0 spiro atoms. The molecule has 2 aliphatic heterocycles. The second kappa shape index (κ2) is 7.69. The van der Waals surface area contributed by atoms with Crippen LogP contribution in [0.15, 0.2) is 47.6 Å². The molecule has 3 heterocycles. The molecule has 140 valence electrons. The summed E-state index contributed by atoms with van der Waals surface area (Å²) in [7, 11) is 0. The summed E-state index contributed by atoms with van der Waals surface area (Å²) in [5.41, 5.74) is 4.10. The van der Waals surface area contributed by atoms with Crippen molar-refractivity contribution in [1.29, 1.82) is 0 Å². The van der Waals surface area contributed by atoms with Gasteiger partial charge in [-0.1, -0.05) is 41.9 Å². The third-order valence-electron chi connectivity index (χ3n) is 5.40. The van der Waals surface area contributed by atoms with Crippen LogP contribution in [0.25, 0.3) is 0 Å². The number of amides is 1. The van der Waals surface area contributed by atoms with E-state index in [1.807, 2.05) is 41.3 Å². The van der Waals surface area contributed by atoms with Crippen LogP contribution < -0.4 is 0 Å². The molecule has 0 radical (unpaired) electrons. The highest BCUT2D eigenvalue weighted by Gasteiger charge is 2.35. The topological polar surface area (TPSA) is 54.8 Å². The number of carbonyl (C=O) groups excluding carboxylic acids is 1. The maximum absolute atomic E-state index is 12.7. The fourth-order valence-corrected chi connectivity index (χ4v) is 4.06. The van der Waals surface area contributed by atoms with Crippen molar-refractivity contribution >= 4 is 23.4 Å². The van der Waals surface area contributed by atoms with Gasteiger partial charge in [-0.3, -0.25) is 4.99 Å². The minimum atomic E-state index is -0.261. The molecular formula is C21H22ClN3O2. The molecule has 1 amide bonds. The number of likely N-dealkylation sites (tertiary alicyclic amines) is 1. The van der Waals surface area contributed by atoms with E-state index in [1.165, 1.54) is 0 Å². The van der Waals surface area contributed by atoms with Crippen LogP contribution in [0, 0.1) is 5.92 Å². The fourth-order valence-electron chi connectivity index (χ4n) is 3.84. The minimum absolute atomic E-state index is 0.159. The van der Waals surface area contributed by atoms with Gasteiger partial charge in [0, 0.05) is 41.5 Å². The van der Waals surface area contributed by atoms with Crippen LogP contribution >= 0.6 is 11.6 Å².